The fourth-order valence-electron chi connectivity index (χ4n) is 4.23. The first kappa shape index (κ1) is 17.3. The minimum absolute atomic E-state index is 0.404. The molecule has 1 N–H and O–H groups in total. The molecule has 3 aliphatic heterocycles. The molecule has 4 heterocycles. The highest BCUT2D eigenvalue weighted by atomic mass is 15.5. The van der Waals surface area contributed by atoms with Crippen LogP contribution in [0.15, 0.2) is 76.8 Å². The summed E-state index contributed by atoms with van der Waals surface area (Å²) >= 11 is 0. The summed E-state index contributed by atoms with van der Waals surface area (Å²) in [6, 6.07) is 14.7. The van der Waals surface area contributed by atoms with Crippen molar-refractivity contribution in [2.24, 2.45) is 21.9 Å². The zero-order valence-corrected chi connectivity index (χ0v) is 16.0. The first-order chi connectivity index (χ1) is 13.8. The third-order valence-corrected chi connectivity index (χ3v) is 5.67. The van der Waals surface area contributed by atoms with E-state index in [1.165, 1.54) is 5.56 Å². The lowest BCUT2D eigenvalue weighted by molar-refractivity contribution is 0.318. The molecule has 2 atom stereocenters. The number of hydrogen-bond donors (Lipinski definition) is 1. The number of rotatable bonds is 4. The average Bonchev–Trinajstić information content (AvgIpc) is 3.32. The van der Waals surface area contributed by atoms with Gasteiger partial charge >= 0.3 is 5.84 Å². The van der Waals surface area contributed by atoms with Crippen molar-refractivity contribution in [2.45, 2.75) is 13.5 Å². The summed E-state index contributed by atoms with van der Waals surface area (Å²) in [7, 11) is 0. The van der Waals surface area contributed by atoms with Crippen molar-refractivity contribution in [3.8, 4) is 0 Å². The van der Waals surface area contributed by atoms with E-state index in [-0.39, 0.29) is 0 Å². The van der Waals surface area contributed by atoms with Crippen LogP contribution < -0.4 is 10.3 Å². The maximum absolute atomic E-state index is 4.96. The second-order valence-corrected chi connectivity index (χ2v) is 7.73. The van der Waals surface area contributed by atoms with Crippen LogP contribution >= 0.6 is 0 Å². The van der Waals surface area contributed by atoms with Crippen LogP contribution in [0.25, 0.3) is 0 Å². The molecule has 0 saturated carbocycles. The summed E-state index contributed by atoms with van der Waals surface area (Å²) in [6.45, 7) is 6.19. The summed E-state index contributed by atoms with van der Waals surface area (Å²) in [4.78, 5) is 11.3. The highest BCUT2D eigenvalue weighted by Crippen LogP contribution is 2.28. The Labute approximate surface area is 165 Å². The number of hydrogen-bond acceptors (Lipinski definition) is 6. The number of amidine groups is 2. The molecule has 1 aromatic heterocycles. The average molecular weight is 372 g/mol. The number of nitrogens with zero attached hydrogens (tertiary/aromatic N) is 5. The molecule has 1 saturated heterocycles. The van der Waals surface area contributed by atoms with E-state index in [0.29, 0.717) is 11.8 Å². The number of likely N-dealkylation sites (tertiary alicyclic amines) is 1. The number of pyridine rings is 1. The first-order valence-corrected chi connectivity index (χ1v) is 9.84. The van der Waals surface area contributed by atoms with E-state index >= 15 is 0 Å². The molecule has 1 aromatic carbocycles. The second-order valence-electron chi connectivity index (χ2n) is 7.73. The molecular weight excluding hydrogens is 348 g/mol. The van der Waals surface area contributed by atoms with Gasteiger partial charge in [0.15, 0.2) is 5.84 Å². The third kappa shape index (κ3) is 3.25. The highest BCUT2D eigenvalue weighted by Gasteiger charge is 2.43. The normalized spacial score (nSPS) is 25.0. The van der Waals surface area contributed by atoms with E-state index in [1.807, 2.05) is 29.5 Å². The number of aliphatic imine (C=N–C) groups is 1. The molecule has 1 fully saturated rings. The van der Waals surface area contributed by atoms with Crippen molar-refractivity contribution in [1.29, 1.82) is 0 Å². The van der Waals surface area contributed by atoms with E-state index < -0.39 is 0 Å². The van der Waals surface area contributed by atoms with Gasteiger partial charge in [0, 0.05) is 37.9 Å². The Bertz CT molecular complexity index is 934. The molecule has 2 unspecified atom stereocenters. The van der Waals surface area contributed by atoms with Gasteiger partial charge in [-0.3, -0.25) is 9.88 Å². The predicted molar refractivity (Wildman–Crippen MR) is 111 cm³/mol. The van der Waals surface area contributed by atoms with Gasteiger partial charge in [0.1, 0.15) is 12.7 Å². The van der Waals surface area contributed by atoms with E-state index in [2.05, 4.69) is 57.4 Å². The summed E-state index contributed by atoms with van der Waals surface area (Å²) in [5.41, 5.74) is 3.43. The van der Waals surface area contributed by atoms with Crippen LogP contribution in [0.3, 0.4) is 0 Å². The summed E-state index contributed by atoms with van der Waals surface area (Å²) in [5.74, 6) is 2.88. The van der Waals surface area contributed by atoms with Crippen LogP contribution in [-0.2, 0) is 6.54 Å². The van der Waals surface area contributed by atoms with Gasteiger partial charge in [-0.2, -0.15) is 4.99 Å². The Kier molecular flexibility index (Phi) is 4.50. The van der Waals surface area contributed by atoms with Crippen molar-refractivity contribution >= 4 is 11.7 Å². The van der Waals surface area contributed by atoms with Gasteiger partial charge in [-0.25, -0.2) is 0 Å². The third-order valence-electron chi connectivity index (χ3n) is 5.67. The van der Waals surface area contributed by atoms with Gasteiger partial charge in [-0.05, 0) is 28.7 Å². The van der Waals surface area contributed by atoms with Crippen molar-refractivity contribution in [2.75, 3.05) is 19.6 Å². The fraction of sp³-hybridized carbons (Fsp3) is 0.318. The number of aromatic nitrogens is 1. The summed E-state index contributed by atoms with van der Waals surface area (Å²) < 4.78 is 0. The first-order valence-electron chi connectivity index (χ1n) is 9.84. The molecule has 6 nitrogen and oxygen atoms in total. The van der Waals surface area contributed by atoms with E-state index in [4.69, 9.17) is 5.10 Å². The quantitative estimate of drug-likeness (QED) is 0.839. The van der Waals surface area contributed by atoms with Crippen molar-refractivity contribution in [3.63, 3.8) is 0 Å². The second kappa shape index (κ2) is 7.30. The Morgan fingerprint density at radius 3 is 2.86 bits per heavy atom. The van der Waals surface area contributed by atoms with Crippen LogP contribution in [0.1, 0.15) is 18.1 Å². The Hall–Kier alpha value is -2.83. The topological polar surface area (TPSA) is 58.8 Å². The lowest BCUT2D eigenvalue weighted by Crippen LogP contribution is -2.47. The van der Waals surface area contributed by atoms with Gasteiger partial charge in [0.2, 0.25) is 5.70 Å². The molecule has 141 valence electrons. The molecule has 3 aliphatic rings. The van der Waals surface area contributed by atoms with Crippen LogP contribution in [0, 0.1) is 11.8 Å². The predicted octanol–water partition coefficient (Wildman–Crippen LogP) is 2.51. The van der Waals surface area contributed by atoms with Crippen molar-refractivity contribution in [3.05, 3.63) is 77.9 Å². The van der Waals surface area contributed by atoms with E-state index in [9.17, 15) is 0 Å². The maximum Gasteiger partial charge on any atom is 0.321 e. The van der Waals surface area contributed by atoms with Crippen molar-refractivity contribution < 1.29 is 0 Å². The highest BCUT2D eigenvalue weighted by molar-refractivity contribution is 6.04. The smallest absolute Gasteiger partial charge is 0.321 e. The van der Waals surface area contributed by atoms with Crippen LogP contribution in [-0.4, -0.2) is 41.2 Å². The number of hydrazone groups is 1. The number of nitrogens with one attached hydrogen (secondary N) is 1. The zero-order chi connectivity index (χ0) is 18.9. The zero-order valence-electron chi connectivity index (χ0n) is 16.0. The van der Waals surface area contributed by atoms with Gasteiger partial charge in [0.25, 0.3) is 0 Å². The largest absolute Gasteiger partial charge is 0.359 e. The summed E-state index contributed by atoms with van der Waals surface area (Å²) in [6.07, 6.45) is 5.52. The van der Waals surface area contributed by atoms with Gasteiger partial charge in [-0.15, -0.1) is 0 Å². The lowest BCUT2D eigenvalue weighted by Gasteiger charge is -2.21. The fourth-order valence-corrected chi connectivity index (χ4v) is 4.23. The molecule has 2 aromatic rings. The molecule has 0 bridgehead atoms. The Morgan fingerprint density at radius 2 is 2.04 bits per heavy atom. The molecule has 0 aliphatic carbocycles. The van der Waals surface area contributed by atoms with E-state index in [1.54, 1.807) is 6.20 Å². The monoisotopic (exact) mass is 372 g/mol. The molecular formula is C22H24N6+. The Morgan fingerprint density at radius 1 is 1.14 bits per heavy atom. The molecule has 0 spiro atoms. The van der Waals surface area contributed by atoms with Crippen LogP contribution in [0.2, 0.25) is 0 Å². The summed E-state index contributed by atoms with van der Waals surface area (Å²) in [5, 5.41) is 10.5. The van der Waals surface area contributed by atoms with E-state index in [0.717, 1.165) is 49.1 Å². The SMILES string of the molecule is CC1CN(Cc2ccccc2)CC1C1=N[N+]2C(=CN=C2c2cccnc2)CN1. The van der Waals surface area contributed by atoms with Crippen LogP contribution in [0.5, 0.6) is 0 Å². The van der Waals surface area contributed by atoms with Gasteiger partial charge in [0.05, 0.1) is 10.6 Å². The molecule has 0 amide bonds. The van der Waals surface area contributed by atoms with Crippen LogP contribution in [0.4, 0.5) is 0 Å². The minimum atomic E-state index is 0.404. The maximum atomic E-state index is 4.96. The van der Waals surface area contributed by atoms with Gasteiger partial charge < -0.3 is 5.32 Å². The minimum Gasteiger partial charge on any atom is -0.359 e. The standard InChI is InChI=1S/C22H24N6/c1-16-13-27(14-17-6-3-2-4-7-17)15-20(16)21-24-11-19-12-25-22(28(19)26-21)18-8-5-9-23-10-18/h2-10,12,16,20H,11,13-15H2,1H3,(H,24,26)/q+1. The number of fused-ring (bicyclic) bond motifs is 1. The lowest BCUT2D eigenvalue weighted by atomic mass is 9.96. The van der Waals surface area contributed by atoms with Gasteiger partial charge in [-0.1, -0.05) is 37.3 Å². The molecule has 28 heavy (non-hydrogen) atoms. The molecule has 5 rings (SSSR count). The number of benzene rings is 1. The Balaban J connectivity index is 1.34. The van der Waals surface area contributed by atoms with Crippen molar-refractivity contribution in [1.82, 2.24) is 20.2 Å². The molecule has 6 heteroatoms. The molecule has 1 radical (unpaired) electrons.